The number of nitrogens with two attached hydrogens (primary N) is 3. The molecule has 34 heavy (non-hydrogen) atoms. The second-order valence-corrected chi connectivity index (χ2v) is 7.71. The van der Waals surface area contributed by atoms with Crippen LogP contribution in [-0.4, -0.2) is 75.9 Å². The molecule has 0 fully saturated rings. The average Bonchev–Trinajstić information content (AvgIpc) is 2.72. The molecule has 0 aliphatic heterocycles. The van der Waals surface area contributed by atoms with E-state index in [1.165, 1.54) is 0 Å². The fourth-order valence-electron chi connectivity index (χ4n) is 2.71. The molecular weight excluding hydrogens is 456 g/mol. The minimum atomic E-state index is -1.75. The van der Waals surface area contributed by atoms with Gasteiger partial charge in [0.05, 0.1) is 18.9 Å². The topological polar surface area (TPSA) is 274 Å². The van der Waals surface area contributed by atoms with E-state index < -0.39 is 84.4 Å². The first-order valence-electron chi connectivity index (χ1n) is 10.4. The van der Waals surface area contributed by atoms with Crippen molar-refractivity contribution in [2.75, 3.05) is 0 Å². The highest BCUT2D eigenvalue weighted by Crippen LogP contribution is 2.10. The zero-order valence-corrected chi connectivity index (χ0v) is 18.9. The lowest BCUT2D eigenvalue weighted by Crippen LogP contribution is -2.59. The molecule has 192 valence electrons. The Balaban J connectivity index is 5.57. The second kappa shape index (κ2) is 14.4. The summed E-state index contributed by atoms with van der Waals surface area (Å²) in [7, 11) is 0. The monoisotopic (exact) mass is 488 g/mol. The third-order valence-corrected chi connectivity index (χ3v) is 4.86. The molecule has 0 aromatic carbocycles. The lowest BCUT2D eigenvalue weighted by Gasteiger charge is -2.27. The molecule has 0 bridgehead atoms. The Morgan fingerprint density at radius 2 is 1.35 bits per heavy atom. The Morgan fingerprint density at radius 3 is 1.79 bits per heavy atom. The van der Waals surface area contributed by atoms with Gasteiger partial charge in [0.25, 0.3) is 0 Å². The van der Waals surface area contributed by atoms with Crippen molar-refractivity contribution in [3.63, 3.8) is 0 Å². The van der Waals surface area contributed by atoms with Crippen molar-refractivity contribution in [2.24, 2.45) is 23.1 Å². The van der Waals surface area contributed by atoms with Crippen molar-refractivity contribution < 1.29 is 43.8 Å². The van der Waals surface area contributed by atoms with Crippen LogP contribution in [0.5, 0.6) is 0 Å². The van der Waals surface area contributed by atoms with Gasteiger partial charge in [-0.1, -0.05) is 20.3 Å². The smallest absolute Gasteiger partial charge is 0.326 e. The fourth-order valence-corrected chi connectivity index (χ4v) is 2.71. The number of aliphatic carboxylic acids is 2. The Bertz CT molecular complexity index is 803. The third kappa shape index (κ3) is 11.2. The van der Waals surface area contributed by atoms with Crippen LogP contribution in [0.1, 0.15) is 46.0 Å². The molecule has 0 saturated heterocycles. The molecule has 0 radical (unpaired) electrons. The van der Waals surface area contributed by atoms with Gasteiger partial charge in [0.2, 0.25) is 29.5 Å². The molecule has 0 aliphatic rings. The molecule has 15 heteroatoms. The fraction of sp³-hybridized carbons (Fsp3) is 0.632. The number of primary amides is 2. The van der Waals surface area contributed by atoms with Gasteiger partial charge >= 0.3 is 11.9 Å². The van der Waals surface area contributed by atoms with Crippen LogP contribution in [0.2, 0.25) is 0 Å². The van der Waals surface area contributed by atoms with Crippen molar-refractivity contribution >= 4 is 41.5 Å². The predicted molar refractivity (Wildman–Crippen MR) is 115 cm³/mol. The minimum Gasteiger partial charge on any atom is -0.481 e. The van der Waals surface area contributed by atoms with Gasteiger partial charge < -0.3 is 43.4 Å². The average molecular weight is 488 g/mol. The van der Waals surface area contributed by atoms with Crippen molar-refractivity contribution in [1.29, 1.82) is 0 Å². The van der Waals surface area contributed by atoms with Crippen molar-refractivity contribution in [1.82, 2.24) is 16.0 Å². The molecule has 5 amide bonds. The van der Waals surface area contributed by atoms with E-state index in [0.717, 1.165) is 0 Å². The van der Waals surface area contributed by atoms with Crippen LogP contribution >= 0.6 is 0 Å². The summed E-state index contributed by atoms with van der Waals surface area (Å²) in [5.41, 5.74) is 15.8. The Hall–Kier alpha value is -3.75. The zero-order valence-electron chi connectivity index (χ0n) is 18.9. The molecule has 0 heterocycles. The maximum Gasteiger partial charge on any atom is 0.326 e. The maximum absolute atomic E-state index is 12.8. The largest absolute Gasteiger partial charge is 0.481 e. The third-order valence-electron chi connectivity index (χ3n) is 4.86. The highest BCUT2D eigenvalue weighted by atomic mass is 16.4. The first-order valence-corrected chi connectivity index (χ1v) is 10.4. The maximum atomic E-state index is 12.8. The molecule has 0 spiro atoms. The molecule has 0 rings (SSSR count). The first-order chi connectivity index (χ1) is 15.7. The molecule has 5 atom stereocenters. The van der Waals surface area contributed by atoms with E-state index in [-0.39, 0.29) is 12.8 Å². The van der Waals surface area contributed by atoms with Gasteiger partial charge in [0.15, 0.2) is 0 Å². The van der Waals surface area contributed by atoms with Crippen LogP contribution in [0.4, 0.5) is 0 Å². The summed E-state index contributed by atoms with van der Waals surface area (Å²) in [6.07, 6.45) is -1.51. The molecule has 5 unspecified atom stereocenters. The van der Waals surface area contributed by atoms with Crippen LogP contribution in [0.25, 0.3) is 0 Å². The lowest BCUT2D eigenvalue weighted by atomic mass is 9.97. The number of nitrogens with one attached hydrogen (secondary N) is 3. The van der Waals surface area contributed by atoms with Gasteiger partial charge in [0.1, 0.15) is 18.1 Å². The summed E-state index contributed by atoms with van der Waals surface area (Å²) >= 11 is 0. The van der Waals surface area contributed by atoms with Crippen molar-refractivity contribution in [2.45, 2.75) is 70.1 Å². The number of amides is 5. The van der Waals surface area contributed by atoms with Gasteiger partial charge in [-0.15, -0.1) is 0 Å². The highest BCUT2D eigenvalue weighted by Gasteiger charge is 2.33. The van der Waals surface area contributed by atoms with Gasteiger partial charge in [-0.2, -0.15) is 0 Å². The van der Waals surface area contributed by atoms with Gasteiger partial charge in [-0.3, -0.25) is 28.8 Å². The van der Waals surface area contributed by atoms with Crippen LogP contribution in [0.15, 0.2) is 0 Å². The highest BCUT2D eigenvalue weighted by molar-refractivity contribution is 5.96. The lowest BCUT2D eigenvalue weighted by molar-refractivity contribution is -0.147. The van der Waals surface area contributed by atoms with Crippen LogP contribution in [-0.2, 0) is 33.6 Å². The molecule has 0 aliphatic carbocycles. The minimum absolute atomic E-state index is 0.121. The molecule has 0 aromatic heterocycles. The summed E-state index contributed by atoms with van der Waals surface area (Å²) in [5.74, 6) is -8.09. The summed E-state index contributed by atoms with van der Waals surface area (Å²) < 4.78 is 0. The summed E-state index contributed by atoms with van der Waals surface area (Å²) in [6.45, 7) is 3.25. The molecule has 0 saturated carbocycles. The number of carbonyl (C=O) groups excluding carboxylic acids is 5. The van der Waals surface area contributed by atoms with E-state index in [1.807, 2.05) is 0 Å². The SMILES string of the molecule is CCC(C)C(NC(=O)C(CC(N)=O)NC(=O)C(N)CCC(N)=O)C(=O)NC(CC(=O)O)C(=O)O. The van der Waals surface area contributed by atoms with Crippen LogP contribution < -0.4 is 33.2 Å². The van der Waals surface area contributed by atoms with Crippen LogP contribution in [0.3, 0.4) is 0 Å². The summed E-state index contributed by atoms with van der Waals surface area (Å²) in [5, 5.41) is 24.6. The van der Waals surface area contributed by atoms with Gasteiger partial charge in [-0.25, -0.2) is 4.79 Å². The van der Waals surface area contributed by atoms with E-state index in [0.29, 0.717) is 6.42 Å². The Morgan fingerprint density at radius 1 is 0.794 bits per heavy atom. The Labute approximate surface area is 195 Å². The van der Waals surface area contributed by atoms with E-state index in [1.54, 1.807) is 13.8 Å². The number of carbonyl (C=O) groups is 7. The number of carboxylic acid groups (broad SMARTS) is 2. The van der Waals surface area contributed by atoms with Crippen molar-refractivity contribution in [3.8, 4) is 0 Å². The van der Waals surface area contributed by atoms with E-state index in [9.17, 15) is 33.6 Å². The van der Waals surface area contributed by atoms with E-state index in [2.05, 4.69) is 16.0 Å². The number of hydrogen-bond acceptors (Lipinski definition) is 8. The summed E-state index contributed by atoms with van der Waals surface area (Å²) in [6, 6.07) is -5.84. The van der Waals surface area contributed by atoms with E-state index in [4.69, 9.17) is 27.4 Å². The zero-order chi connectivity index (χ0) is 26.6. The predicted octanol–water partition coefficient (Wildman–Crippen LogP) is -3.49. The van der Waals surface area contributed by atoms with Gasteiger partial charge in [-0.05, 0) is 12.3 Å². The first kappa shape index (κ1) is 30.2. The molecule has 15 nitrogen and oxygen atoms in total. The van der Waals surface area contributed by atoms with Crippen LogP contribution in [0, 0.1) is 5.92 Å². The standard InChI is InChI=1S/C19H32N6O9/c1-3-8(2)15(18(32)24-11(19(33)34)7-14(28)29)25-17(31)10(6-13(22)27)23-16(30)9(20)4-5-12(21)26/h8-11,15H,3-7,20H2,1-2H3,(H2,21,26)(H2,22,27)(H,23,30)(H,24,32)(H,25,31)(H,28,29)(H,33,34). The number of carboxylic acids is 2. The quantitative estimate of drug-likeness (QED) is 0.106. The second-order valence-electron chi connectivity index (χ2n) is 7.71. The van der Waals surface area contributed by atoms with Crippen molar-refractivity contribution in [3.05, 3.63) is 0 Å². The normalized spacial score (nSPS) is 15.0. The number of hydrogen-bond donors (Lipinski definition) is 8. The van der Waals surface area contributed by atoms with E-state index >= 15 is 0 Å². The molecule has 11 N–H and O–H groups in total. The molecular formula is C19H32N6O9. The molecule has 0 aromatic rings. The summed E-state index contributed by atoms with van der Waals surface area (Å²) in [4.78, 5) is 82.1. The Kier molecular flexibility index (Phi) is 12.8. The number of rotatable bonds is 16. The van der Waals surface area contributed by atoms with Gasteiger partial charge in [0, 0.05) is 6.42 Å².